The lowest BCUT2D eigenvalue weighted by Crippen LogP contribution is -2.38. The Kier molecular flexibility index (Phi) is 7.28. The Hall–Kier alpha value is -3.84. The largest absolute Gasteiger partial charge is 0.489 e. The van der Waals surface area contributed by atoms with Gasteiger partial charge in [-0.25, -0.2) is 4.79 Å². The van der Waals surface area contributed by atoms with Crippen molar-refractivity contribution in [1.29, 1.82) is 5.26 Å². The van der Waals surface area contributed by atoms with Gasteiger partial charge in [0.2, 0.25) is 0 Å². The number of halogens is 3. The maximum absolute atomic E-state index is 13.7. The highest BCUT2D eigenvalue weighted by molar-refractivity contribution is 7.18. The van der Waals surface area contributed by atoms with Gasteiger partial charge in [0.15, 0.2) is 0 Å². The Morgan fingerprint density at radius 3 is 2.51 bits per heavy atom. The van der Waals surface area contributed by atoms with Crippen LogP contribution in [-0.4, -0.2) is 9.13 Å². The fourth-order valence-corrected chi connectivity index (χ4v) is 5.51. The summed E-state index contributed by atoms with van der Waals surface area (Å²) in [6, 6.07) is 13.8. The van der Waals surface area contributed by atoms with Crippen molar-refractivity contribution in [2.45, 2.75) is 39.6 Å². The van der Waals surface area contributed by atoms with Crippen molar-refractivity contribution in [3.8, 4) is 11.8 Å². The normalized spacial score (nSPS) is 11.7. The van der Waals surface area contributed by atoms with E-state index in [2.05, 4.69) is 0 Å². The van der Waals surface area contributed by atoms with Crippen molar-refractivity contribution in [3.05, 3.63) is 96.5 Å². The van der Waals surface area contributed by atoms with E-state index in [0.717, 1.165) is 22.0 Å². The number of fused-ring (bicyclic) bond motifs is 1. The molecule has 0 bridgehead atoms. The van der Waals surface area contributed by atoms with Gasteiger partial charge in [-0.05, 0) is 35.7 Å². The minimum atomic E-state index is -4.54. The van der Waals surface area contributed by atoms with Crippen LogP contribution in [0.5, 0.6) is 5.75 Å². The van der Waals surface area contributed by atoms with Crippen LogP contribution < -0.4 is 16.0 Å². The second-order valence-corrected chi connectivity index (χ2v) is 10.2. The molecule has 0 spiro atoms. The molecule has 4 rings (SSSR count). The molecule has 0 N–H and O–H groups in total. The molecule has 0 atom stereocenters. The van der Waals surface area contributed by atoms with E-state index in [-0.39, 0.29) is 29.9 Å². The van der Waals surface area contributed by atoms with Crippen molar-refractivity contribution in [1.82, 2.24) is 9.13 Å². The summed E-state index contributed by atoms with van der Waals surface area (Å²) >= 11 is 1.14. The Morgan fingerprint density at radius 1 is 1.11 bits per heavy atom. The first-order valence-corrected chi connectivity index (χ1v) is 12.3. The summed E-state index contributed by atoms with van der Waals surface area (Å²) in [5, 5.41) is 9.43. The lowest BCUT2D eigenvalue weighted by atomic mass is 10.0. The van der Waals surface area contributed by atoms with Crippen molar-refractivity contribution in [2.24, 2.45) is 13.0 Å². The molecule has 2 aromatic carbocycles. The molecular weight excluding hydrogens is 503 g/mol. The van der Waals surface area contributed by atoms with Gasteiger partial charge in [-0.3, -0.25) is 13.9 Å². The van der Waals surface area contributed by atoms with Crippen molar-refractivity contribution >= 4 is 21.6 Å². The molecule has 37 heavy (non-hydrogen) atoms. The van der Waals surface area contributed by atoms with E-state index in [1.807, 2.05) is 19.9 Å². The zero-order valence-electron chi connectivity index (χ0n) is 20.4. The number of aromatic nitrogens is 2. The number of nitrogens with zero attached hydrogens (tertiary/aromatic N) is 3. The SMILES string of the molecule is CC(C)Cn1c(=O)n(C)c(=O)c2c(COc3cccc(C#N)c3)c(Cc3ccccc3C(F)(F)F)sc21. The molecule has 0 fully saturated rings. The summed E-state index contributed by atoms with van der Waals surface area (Å²) in [6.07, 6.45) is -4.64. The van der Waals surface area contributed by atoms with Gasteiger partial charge in [-0.15, -0.1) is 11.3 Å². The number of hydrogen-bond donors (Lipinski definition) is 0. The third-order valence-corrected chi connectivity index (χ3v) is 7.18. The first kappa shape index (κ1) is 26.2. The Morgan fingerprint density at radius 2 is 1.84 bits per heavy atom. The molecule has 2 heterocycles. The molecule has 0 aliphatic heterocycles. The van der Waals surface area contributed by atoms with Gasteiger partial charge in [-0.1, -0.05) is 38.1 Å². The summed E-state index contributed by atoms with van der Waals surface area (Å²) in [6.45, 7) is 4.09. The predicted octanol–water partition coefficient (Wildman–Crippen LogP) is 5.48. The second-order valence-electron chi connectivity index (χ2n) is 9.10. The smallest absolute Gasteiger partial charge is 0.416 e. The maximum Gasteiger partial charge on any atom is 0.416 e. The van der Waals surface area contributed by atoms with E-state index in [0.29, 0.717) is 33.1 Å². The fraction of sp³-hybridized carbons (Fsp3) is 0.296. The van der Waals surface area contributed by atoms with Gasteiger partial charge in [0.1, 0.15) is 17.2 Å². The third kappa shape index (κ3) is 5.32. The molecule has 0 aliphatic carbocycles. The number of thiophene rings is 1. The quantitative estimate of drug-likeness (QED) is 0.319. The van der Waals surface area contributed by atoms with Crippen LogP contribution in [0.25, 0.3) is 10.2 Å². The molecule has 0 aliphatic rings. The van der Waals surface area contributed by atoms with Crippen molar-refractivity contribution in [2.75, 3.05) is 0 Å². The van der Waals surface area contributed by atoms with Gasteiger partial charge in [0.25, 0.3) is 5.56 Å². The molecule has 0 amide bonds. The summed E-state index contributed by atoms with van der Waals surface area (Å²) in [5.74, 6) is 0.468. The molecule has 4 aromatic rings. The third-order valence-electron chi connectivity index (χ3n) is 5.92. The van der Waals surface area contributed by atoms with Crippen molar-refractivity contribution in [3.63, 3.8) is 0 Å². The van der Waals surface area contributed by atoms with E-state index in [1.165, 1.54) is 29.8 Å². The van der Waals surface area contributed by atoms with Crippen LogP contribution in [0, 0.1) is 17.2 Å². The van der Waals surface area contributed by atoms with Crippen LogP contribution in [-0.2, 0) is 32.8 Å². The number of rotatable bonds is 7. The molecule has 0 saturated heterocycles. The Bertz CT molecular complexity index is 1620. The zero-order chi connectivity index (χ0) is 26.9. The fourth-order valence-electron chi connectivity index (χ4n) is 4.19. The van der Waals surface area contributed by atoms with Crippen LogP contribution in [0.2, 0.25) is 0 Å². The average Bonchev–Trinajstić information content (AvgIpc) is 3.21. The number of benzene rings is 2. The average molecular weight is 528 g/mol. The second kappa shape index (κ2) is 10.3. The highest BCUT2D eigenvalue weighted by Gasteiger charge is 2.33. The lowest BCUT2D eigenvalue weighted by molar-refractivity contribution is -0.138. The van der Waals surface area contributed by atoms with Crippen LogP contribution >= 0.6 is 11.3 Å². The maximum atomic E-state index is 13.7. The molecule has 6 nitrogen and oxygen atoms in total. The van der Waals surface area contributed by atoms with Gasteiger partial charge < -0.3 is 4.74 Å². The summed E-state index contributed by atoms with van der Waals surface area (Å²) < 4.78 is 49.6. The van der Waals surface area contributed by atoms with Gasteiger partial charge in [0.05, 0.1) is 22.6 Å². The number of nitriles is 1. The molecule has 2 aromatic heterocycles. The molecule has 0 radical (unpaired) electrons. The molecular formula is C27H24F3N3O3S. The summed E-state index contributed by atoms with van der Waals surface area (Å²) in [7, 11) is 1.39. The van der Waals surface area contributed by atoms with Crippen molar-refractivity contribution < 1.29 is 17.9 Å². The molecule has 10 heteroatoms. The van der Waals surface area contributed by atoms with Gasteiger partial charge in [-0.2, -0.15) is 18.4 Å². The van der Waals surface area contributed by atoms with E-state index in [4.69, 9.17) is 4.74 Å². The predicted molar refractivity (Wildman–Crippen MR) is 136 cm³/mol. The summed E-state index contributed by atoms with van der Waals surface area (Å²) in [4.78, 5) is 27.2. The minimum Gasteiger partial charge on any atom is -0.489 e. The Balaban J connectivity index is 1.92. The highest BCUT2D eigenvalue weighted by atomic mass is 32.1. The topological polar surface area (TPSA) is 77.0 Å². The first-order valence-electron chi connectivity index (χ1n) is 11.5. The number of hydrogen-bond acceptors (Lipinski definition) is 5. The summed E-state index contributed by atoms with van der Waals surface area (Å²) in [5.41, 5.74) is -0.900. The molecule has 192 valence electrons. The number of ether oxygens (including phenoxy) is 1. The molecule has 0 unspecified atom stereocenters. The van der Waals surface area contributed by atoms with Crippen LogP contribution in [0.15, 0.2) is 58.1 Å². The highest BCUT2D eigenvalue weighted by Crippen LogP contribution is 2.36. The van der Waals surface area contributed by atoms with Gasteiger partial charge in [0, 0.05) is 30.5 Å². The van der Waals surface area contributed by atoms with E-state index < -0.39 is 23.0 Å². The van der Waals surface area contributed by atoms with Crippen LogP contribution in [0.4, 0.5) is 13.2 Å². The number of alkyl halides is 3. The minimum absolute atomic E-state index is 0.0591. The van der Waals surface area contributed by atoms with Gasteiger partial charge >= 0.3 is 11.9 Å². The van der Waals surface area contributed by atoms with Crippen LogP contribution in [0.3, 0.4) is 0 Å². The lowest BCUT2D eigenvalue weighted by Gasteiger charge is -2.13. The Labute approximate surface area is 214 Å². The van der Waals surface area contributed by atoms with E-state index in [1.54, 1.807) is 24.3 Å². The first-order chi connectivity index (χ1) is 17.5. The van der Waals surface area contributed by atoms with E-state index in [9.17, 15) is 28.0 Å². The molecule has 0 saturated carbocycles. The van der Waals surface area contributed by atoms with Crippen LogP contribution in [0.1, 0.15) is 41.0 Å². The van der Waals surface area contributed by atoms with E-state index >= 15 is 0 Å². The zero-order valence-corrected chi connectivity index (χ0v) is 21.2. The monoisotopic (exact) mass is 527 g/mol. The standard InChI is InChI=1S/C27H24F3N3O3S/c1-16(2)14-33-25-23(24(34)32(3)26(33)35)20(15-36-19-9-6-7-17(11-19)13-31)22(37-25)12-18-8-4-5-10-21(18)27(28,29)30/h4-11,16H,12,14-15H2,1-3H3.